The van der Waals surface area contributed by atoms with Gasteiger partial charge in [-0.25, -0.2) is 5.43 Å². The predicted octanol–water partition coefficient (Wildman–Crippen LogP) is 5.22. The van der Waals surface area contributed by atoms with Crippen LogP contribution in [-0.2, 0) is 4.79 Å². The Morgan fingerprint density at radius 1 is 1.14 bits per heavy atom. The Balaban J connectivity index is 1.87. The lowest BCUT2D eigenvalue weighted by atomic mass is 10.1. The fraction of sp³-hybridized carbons (Fsp3) is 0.391. The van der Waals surface area contributed by atoms with Crippen molar-refractivity contribution in [3.8, 4) is 5.75 Å². The Labute approximate surface area is 182 Å². The van der Waals surface area contributed by atoms with Gasteiger partial charge in [-0.2, -0.15) is 5.10 Å². The van der Waals surface area contributed by atoms with Crippen molar-refractivity contribution in [1.82, 2.24) is 5.43 Å². The highest BCUT2D eigenvalue weighted by Crippen LogP contribution is 2.30. The van der Waals surface area contributed by atoms with Gasteiger partial charge in [-0.05, 0) is 77.5 Å². The molecule has 0 saturated carbocycles. The standard InChI is InChI=1S/C23H30BrN3O2/c1-5-11-27(12-6-2)20-9-7-19(8-10-20)15-25-26-22(28)16-29-23-18(4)13-17(3)14-21(23)24/h7-10,13-15H,5-6,11-12,16H2,1-4H3,(H,26,28)/b25-15+. The van der Waals surface area contributed by atoms with E-state index in [1.165, 1.54) is 5.69 Å². The van der Waals surface area contributed by atoms with Crippen LogP contribution in [0.4, 0.5) is 5.69 Å². The summed E-state index contributed by atoms with van der Waals surface area (Å²) in [5.41, 5.74) is 6.76. The number of carbonyl (C=O) groups is 1. The first-order valence-electron chi connectivity index (χ1n) is 10.0. The minimum Gasteiger partial charge on any atom is -0.482 e. The first-order valence-corrected chi connectivity index (χ1v) is 10.8. The van der Waals surface area contributed by atoms with Gasteiger partial charge in [-0.1, -0.05) is 32.0 Å². The number of hydrogen-bond donors (Lipinski definition) is 1. The van der Waals surface area contributed by atoms with E-state index < -0.39 is 0 Å². The van der Waals surface area contributed by atoms with Gasteiger partial charge in [0.1, 0.15) is 5.75 Å². The number of nitrogens with zero attached hydrogens (tertiary/aromatic N) is 2. The lowest BCUT2D eigenvalue weighted by molar-refractivity contribution is -0.123. The summed E-state index contributed by atoms with van der Waals surface area (Å²) in [6.45, 7) is 10.4. The van der Waals surface area contributed by atoms with Crippen LogP contribution < -0.4 is 15.1 Å². The molecule has 0 aliphatic carbocycles. The Hall–Kier alpha value is -2.34. The molecule has 156 valence electrons. The molecule has 1 amide bonds. The molecule has 0 aliphatic heterocycles. The smallest absolute Gasteiger partial charge is 0.277 e. The molecule has 0 heterocycles. The van der Waals surface area contributed by atoms with Crippen molar-refractivity contribution in [2.75, 3.05) is 24.6 Å². The molecule has 0 unspecified atom stereocenters. The second-order valence-corrected chi connectivity index (χ2v) is 7.91. The van der Waals surface area contributed by atoms with Crippen molar-refractivity contribution in [1.29, 1.82) is 0 Å². The summed E-state index contributed by atoms with van der Waals surface area (Å²) in [5.74, 6) is 0.371. The number of ether oxygens (including phenoxy) is 1. The minimum absolute atomic E-state index is 0.0955. The molecule has 6 heteroatoms. The van der Waals surface area contributed by atoms with Gasteiger partial charge >= 0.3 is 0 Å². The summed E-state index contributed by atoms with van der Waals surface area (Å²) < 4.78 is 6.48. The summed E-state index contributed by atoms with van der Waals surface area (Å²) in [4.78, 5) is 14.4. The molecule has 0 fully saturated rings. The fourth-order valence-corrected chi connectivity index (χ4v) is 3.90. The van der Waals surface area contributed by atoms with E-state index >= 15 is 0 Å². The molecule has 0 aliphatic rings. The molecule has 5 nitrogen and oxygen atoms in total. The van der Waals surface area contributed by atoms with Crippen molar-refractivity contribution in [2.24, 2.45) is 5.10 Å². The summed E-state index contributed by atoms with van der Waals surface area (Å²) >= 11 is 3.48. The number of aryl methyl sites for hydroxylation is 2. The average Bonchev–Trinajstić information content (AvgIpc) is 2.67. The van der Waals surface area contributed by atoms with E-state index in [2.05, 4.69) is 57.3 Å². The lowest BCUT2D eigenvalue weighted by Gasteiger charge is -2.23. The SMILES string of the molecule is CCCN(CCC)c1ccc(/C=N/NC(=O)COc2c(C)cc(C)cc2Br)cc1. The minimum atomic E-state index is -0.304. The van der Waals surface area contributed by atoms with E-state index in [0.29, 0.717) is 5.75 Å². The second kappa shape index (κ2) is 11.6. The quantitative estimate of drug-likeness (QED) is 0.391. The molecule has 0 spiro atoms. The van der Waals surface area contributed by atoms with Gasteiger partial charge in [0.15, 0.2) is 6.61 Å². The maximum atomic E-state index is 12.0. The molecule has 0 aromatic heterocycles. The Morgan fingerprint density at radius 2 is 1.79 bits per heavy atom. The highest BCUT2D eigenvalue weighted by molar-refractivity contribution is 9.10. The topological polar surface area (TPSA) is 53.9 Å². The molecule has 2 aromatic carbocycles. The van der Waals surface area contributed by atoms with Crippen molar-refractivity contribution in [3.05, 3.63) is 57.6 Å². The van der Waals surface area contributed by atoms with Crippen molar-refractivity contribution in [2.45, 2.75) is 40.5 Å². The molecule has 1 N–H and O–H groups in total. The second-order valence-electron chi connectivity index (χ2n) is 7.05. The van der Waals surface area contributed by atoms with Crippen molar-refractivity contribution >= 4 is 33.7 Å². The van der Waals surface area contributed by atoms with E-state index in [4.69, 9.17) is 4.74 Å². The third kappa shape index (κ3) is 7.20. The highest BCUT2D eigenvalue weighted by Gasteiger charge is 2.09. The highest BCUT2D eigenvalue weighted by atomic mass is 79.9. The van der Waals surface area contributed by atoms with Crippen LogP contribution in [0.3, 0.4) is 0 Å². The normalized spacial score (nSPS) is 10.9. The van der Waals surface area contributed by atoms with Gasteiger partial charge in [0, 0.05) is 18.8 Å². The van der Waals surface area contributed by atoms with Crippen LogP contribution in [-0.4, -0.2) is 31.8 Å². The number of hydrazone groups is 1. The molecule has 0 saturated heterocycles. The van der Waals surface area contributed by atoms with E-state index in [1.807, 2.05) is 38.1 Å². The number of halogens is 1. The van der Waals surface area contributed by atoms with Crippen LogP contribution in [0.1, 0.15) is 43.4 Å². The molecule has 2 aromatic rings. The number of amides is 1. The largest absolute Gasteiger partial charge is 0.482 e. The van der Waals surface area contributed by atoms with Crippen molar-refractivity contribution < 1.29 is 9.53 Å². The number of anilines is 1. The number of rotatable bonds is 10. The van der Waals surface area contributed by atoms with Crippen molar-refractivity contribution in [3.63, 3.8) is 0 Å². The predicted molar refractivity (Wildman–Crippen MR) is 124 cm³/mol. The maximum absolute atomic E-state index is 12.0. The van der Waals surface area contributed by atoms with Crippen LogP contribution in [0.2, 0.25) is 0 Å². The summed E-state index contributed by atoms with van der Waals surface area (Å²) in [5, 5.41) is 4.03. The zero-order valence-electron chi connectivity index (χ0n) is 17.7. The van der Waals surface area contributed by atoms with Gasteiger partial charge in [0.05, 0.1) is 10.7 Å². The number of hydrogen-bond acceptors (Lipinski definition) is 4. The van der Waals surface area contributed by atoms with Gasteiger partial charge in [-0.15, -0.1) is 0 Å². The molecule has 29 heavy (non-hydrogen) atoms. The third-order valence-corrected chi connectivity index (χ3v) is 4.96. The summed E-state index contributed by atoms with van der Waals surface area (Å²) in [7, 11) is 0. The monoisotopic (exact) mass is 459 g/mol. The average molecular weight is 460 g/mol. The fourth-order valence-electron chi connectivity index (χ4n) is 3.12. The molecule has 0 radical (unpaired) electrons. The number of benzene rings is 2. The maximum Gasteiger partial charge on any atom is 0.277 e. The van der Waals surface area contributed by atoms with Gasteiger partial charge in [0.2, 0.25) is 0 Å². The summed E-state index contributed by atoms with van der Waals surface area (Å²) in [6.07, 6.45) is 3.88. The Morgan fingerprint density at radius 3 is 2.38 bits per heavy atom. The molecule has 0 atom stereocenters. The molecule has 2 rings (SSSR count). The van der Waals surface area contributed by atoms with E-state index in [-0.39, 0.29) is 12.5 Å². The van der Waals surface area contributed by atoms with Crippen LogP contribution in [0, 0.1) is 13.8 Å². The van der Waals surface area contributed by atoms with E-state index in [0.717, 1.165) is 47.1 Å². The van der Waals surface area contributed by atoms with Crippen LogP contribution >= 0.6 is 15.9 Å². The van der Waals surface area contributed by atoms with Crippen LogP contribution in [0.25, 0.3) is 0 Å². The molecular formula is C23H30BrN3O2. The van der Waals surface area contributed by atoms with Gasteiger partial charge in [0.25, 0.3) is 5.91 Å². The first kappa shape index (κ1) is 22.9. The third-order valence-electron chi connectivity index (χ3n) is 4.37. The number of carbonyl (C=O) groups excluding carboxylic acids is 1. The van der Waals surface area contributed by atoms with Gasteiger partial charge in [-0.3, -0.25) is 4.79 Å². The van der Waals surface area contributed by atoms with E-state index in [1.54, 1.807) is 6.21 Å². The van der Waals surface area contributed by atoms with Crippen LogP contribution in [0.15, 0.2) is 46.0 Å². The zero-order valence-corrected chi connectivity index (χ0v) is 19.3. The zero-order chi connectivity index (χ0) is 21.2. The Kier molecular flexibility index (Phi) is 9.19. The van der Waals surface area contributed by atoms with E-state index in [9.17, 15) is 4.79 Å². The lowest BCUT2D eigenvalue weighted by Crippen LogP contribution is -2.25. The molecule has 0 bridgehead atoms. The van der Waals surface area contributed by atoms with Crippen LogP contribution in [0.5, 0.6) is 5.75 Å². The molecular weight excluding hydrogens is 430 g/mol. The summed E-state index contributed by atoms with van der Waals surface area (Å²) in [6, 6.07) is 12.2. The van der Waals surface area contributed by atoms with Gasteiger partial charge < -0.3 is 9.64 Å². The number of nitrogens with one attached hydrogen (secondary N) is 1. The first-order chi connectivity index (χ1) is 13.9. The Bertz CT molecular complexity index is 806.